The lowest BCUT2D eigenvalue weighted by atomic mass is 10.1. The van der Waals surface area contributed by atoms with E-state index in [0.717, 1.165) is 11.3 Å². The summed E-state index contributed by atoms with van der Waals surface area (Å²) in [4.78, 5) is 10.9. The zero-order valence-corrected chi connectivity index (χ0v) is 9.56. The molecule has 2 N–H and O–H groups in total. The van der Waals surface area contributed by atoms with Crippen LogP contribution in [0, 0.1) is 0 Å². The van der Waals surface area contributed by atoms with Crippen LogP contribution in [0.2, 0.25) is 0 Å². The van der Waals surface area contributed by atoms with Crippen LogP contribution < -0.4 is 5.32 Å². The number of rotatable bonds is 6. The van der Waals surface area contributed by atoms with Crippen molar-refractivity contribution in [2.45, 2.75) is 19.4 Å². The molecule has 1 atom stereocenters. The number of hydrogen-bond donors (Lipinski definition) is 2. The maximum absolute atomic E-state index is 10.9. The number of benzene rings is 1. The van der Waals surface area contributed by atoms with Gasteiger partial charge in [-0.3, -0.25) is 0 Å². The number of ether oxygens (including phenoxy) is 1. The maximum atomic E-state index is 10.9. The quantitative estimate of drug-likeness (QED) is 0.771. The van der Waals surface area contributed by atoms with E-state index >= 15 is 0 Å². The van der Waals surface area contributed by atoms with Gasteiger partial charge < -0.3 is 15.2 Å². The first-order valence-corrected chi connectivity index (χ1v) is 5.28. The van der Waals surface area contributed by atoms with Gasteiger partial charge in [0, 0.05) is 25.8 Å². The molecule has 0 heterocycles. The predicted octanol–water partition coefficient (Wildman–Crippen LogP) is 1.76. The van der Waals surface area contributed by atoms with E-state index in [1.54, 1.807) is 6.92 Å². The molecule has 0 saturated carbocycles. The number of anilines is 1. The maximum Gasteiger partial charge on any atom is 0.333 e. The van der Waals surface area contributed by atoms with Crippen molar-refractivity contribution in [2.75, 3.05) is 19.0 Å². The molecule has 0 aliphatic carbocycles. The van der Waals surface area contributed by atoms with E-state index in [4.69, 9.17) is 9.84 Å². The Morgan fingerprint density at radius 1 is 1.44 bits per heavy atom. The molecule has 1 aromatic carbocycles. The first-order chi connectivity index (χ1) is 7.67. The SMILES string of the molecule is CCOC(Cc1ccc(NC)cc1)C(=O)O. The van der Waals surface area contributed by atoms with Crippen LogP contribution in [0.4, 0.5) is 5.69 Å². The van der Waals surface area contributed by atoms with E-state index in [1.807, 2.05) is 31.3 Å². The molecule has 4 heteroatoms. The van der Waals surface area contributed by atoms with Crippen molar-refractivity contribution in [2.24, 2.45) is 0 Å². The van der Waals surface area contributed by atoms with Crippen LogP contribution in [0.3, 0.4) is 0 Å². The van der Waals surface area contributed by atoms with Gasteiger partial charge in [-0.1, -0.05) is 12.1 Å². The van der Waals surface area contributed by atoms with Crippen LogP contribution in [-0.2, 0) is 16.0 Å². The molecule has 0 spiro atoms. The second-order valence-electron chi connectivity index (χ2n) is 3.43. The fraction of sp³-hybridized carbons (Fsp3) is 0.417. The summed E-state index contributed by atoms with van der Waals surface area (Å²) in [5.74, 6) is -0.917. The molecule has 1 unspecified atom stereocenters. The summed E-state index contributed by atoms with van der Waals surface area (Å²) < 4.78 is 5.15. The molecule has 0 radical (unpaired) electrons. The number of aliphatic carboxylic acids is 1. The van der Waals surface area contributed by atoms with Gasteiger partial charge >= 0.3 is 5.97 Å². The van der Waals surface area contributed by atoms with Crippen molar-refractivity contribution >= 4 is 11.7 Å². The van der Waals surface area contributed by atoms with E-state index in [-0.39, 0.29) is 0 Å². The lowest BCUT2D eigenvalue weighted by molar-refractivity contribution is -0.149. The Labute approximate surface area is 95.2 Å². The molecule has 88 valence electrons. The molecule has 1 rings (SSSR count). The monoisotopic (exact) mass is 223 g/mol. The van der Waals surface area contributed by atoms with Gasteiger partial charge in [-0.05, 0) is 24.6 Å². The topological polar surface area (TPSA) is 58.6 Å². The first kappa shape index (κ1) is 12.5. The molecule has 0 aliphatic heterocycles. The molecule has 0 aliphatic rings. The predicted molar refractivity (Wildman–Crippen MR) is 62.7 cm³/mol. The standard InChI is InChI=1S/C12H17NO3/c1-3-16-11(12(14)15)8-9-4-6-10(13-2)7-5-9/h4-7,11,13H,3,8H2,1-2H3,(H,14,15). The number of hydrogen-bond acceptors (Lipinski definition) is 3. The summed E-state index contributed by atoms with van der Waals surface area (Å²) in [5, 5.41) is 11.9. The highest BCUT2D eigenvalue weighted by Gasteiger charge is 2.17. The summed E-state index contributed by atoms with van der Waals surface area (Å²) in [5.41, 5.74) is 1.96. The molecule has 0 saturated heterocycles. The molecule has 0 amide bonds. The first-order valence-electron chi connectivity index (χ1n) is 5.28. The van der Waals surface area contributed by atoms with Gasteiger partial charge in [0.1, 0.15) is 0 Å². The molecular weight excluding hydrogens is 206 g/mol. The fourth-order valence-corrected chi connectivity index (χ4v) is 1.44. The molecule has 0 aromatic heterocycles. The minimum atomic E-state index is -0.917. The molecule has 16 heavy (non-hydrogen) atoms. The fourth-order valence-electron chi connectivity index (χ4n) is 1.44. The van der Waals surface area contributed by atoms with Crippen molar-refractivity contribution in [1.29, 1.82) is 0 Å². The minimum Gasteiger partial charge on any atom is -0.479 e. The van der Waals surface area contributed by atoms with E-state index in [0.29, 0.717) is 13.0 Å². The Kier molecular flexibility index (Phi) is 4.79. The smallest absolute Gasteiger partial charge is 0.333 e. The van der Waals surface area contributed by atoms with E-state index in [2.05, 4.69) is 5.32 Å². The summed E-state index contributed by atoms with van der Waals surface area (Å²) >= 11 is 0. The van der Waals surface area contributed by atoms with Gasteiger partial charge in [0.25, 0.3) is 0 Å². The van der Waals surface area contributed by atoms with Crippen molar-refractivity contribution in [3.8, 4) is 0 Å². The summed E-state index contributed by atoms with van der Waals surface area (Å²) in [6, 6.07) is 7.64. The molecule has 0 bridgehead atoms. The minimum absolute atomic E-state index is 0.396. The zero-order chi connectivity index (χ0) is 12.0. The largest absolute Gasteiger partial charge is 0.479 e. The lowest BCUT2D eigenvalue weighted by Gasteiger charge is -2.12. The van der Waals surface area contributed by atoms with Gasteiger partial charge in [-0.2, -0.15) is 0 Å². The second kappa shape index (κ2) is 6.12. The van der Waals surface area contributed by atoms with Crippen molar-refractivity contribution in [3.63, 3.8) is 0 Å². The Hall–Kier alpha value is -1.55. The van der Waals surface area contributed by atoms with Gasteiger partial charge in [0.05, 0.1) is 0 Å². The Balaban J connectivity index is 2.65. The van der Waals surface area contributed by atoms with Crippen LogP contribution in [-0.4, -0.2) is 30.8 Å². The Bertz CT molecular complexity index is 335. The van der Waals surface area contributed by atoms with Gasteiger partial charge in [0.15, 0.2) is 6.10 Å². The highest BCUT2D eigenvalue weighted by Crippen LogP contribution is 2.11. The third-order valence-electron chi connectivity index (χ3n) is 2.31. The van der Waals surface area contributed by atoms with Crippen LogP contribution in [0.5, 0.6) is 0 Å². The van der Waals surface area contributed by atoms with Crippen LogP contribution >= 0.6 is 0 Å². The molecule has 4 nitrogen and oxygen atoms in total. The Morgan fingerprint density at radius 3 is 2.50 bits per heavy atom. The van der Waals surface area contributed by atoms with Crippen LogP contribution in [0.25, 0.3) is 0 Å². The summed E-state index contributed by atoms with van der Waals surface area (Å²) in [6.45, 7) is 2.20. The number of carbonyl (C=O) groups is 1. The van der Waals surface area contributed by atoms with Gasteiger partial charge in [-0.25, -0.2) is 4.79 Å². The Morgan fingerprint density at radius 2 is 2.06 bits per heavy atom. The van der Waals surface area contributed by atoms with Crippen molar-refractivity contribution < 1.29 is 14.6 Å². The molecule has 1 aromatic rings. The average Bonchev–Trinajstić information content (AvgIpc) is 2.29. The van der Waals surface area contributed by atoms with E-state index in [9.17, 15) is 4.79 Å². The van der Waals surface area contributed by atoms with Crippen molar-refractivity contribution in [1.82, 2.24) is 0 Å². The highest BCUT2D eigenvalue weighted by molar-refractivity contribution is 5.72. The number of nitrogens with one attached hydrogen (secondary N) is 1. The molecular formula is C12H17NO3. The van der Waals surface area contributed by atoms with Gasteiger partial charge in [-0.15, -0.1) is 0 Å². The highest BCUT2D eigenvalue weighted by atomic mass is 16.5. The van der Waals surface area contributed by atoms with Gasteiger partial charge in [0.2, 0.25) is 0 Å². The number of carboxylic acid groups (broad SMARTS) is 1. The summed E-state index contributed by atoms with van der Waals surface area (Å²) in [7, 11) is 1.84. The summed E-state index contributed by atoms with van der Waals surface area (Å²) in [6.07, 6.45) is -0.363. The van der Waals surface area contributed by atoms with E-state index < -0.39 is 12.1 Å². The van der Waals surface area contributed by atoms with Crippen LogP contribution in [0.1, 0.15) is 12.5 Å². The van der Waals surface area contributed by atoms with E-state index in [1.165, 1.54) is 0 Å². The van der Waals surface area contributed by atoms with Crippen LogP contribution in [0.15, 0.2) is 24.3 Å². The third kappa shape index (κ3) is 3.55. The molecule has 0 fully saturated rings. The average molecular weight is 223 g/mol. The lowest BCUT2D eigenvalue weighted by Crippen LogP contribution is -2.26. The third-order valence-corrected chi connectivity index (χ3v) is 2.31. The second-order valence-corrected chi connectivity index (χ2v) is 3.43. The zero-order valence-electron chi connectivity index (χ0n) is 9.56. The number of carboxylic acids is 1. The normalized spacial score (nSPS) is 12.1. The van der Waals surface area contributed by atoms with Crippen molar-refractivity contribution in [3.05, 3.63) is 29.8 Å².